The summed E-state index contributed by atoms with van der Waals surface area (Å²) in [6, 6.07) is -0.716. The zero-order chi connectivity index (χ0) is 18.8. The highest BCUT2D eigenvalue weighted by Gasteiger charge is 2.09. The van der Waals surface area contributed by atoms with Crippen molar-refractivity contribution in [1.82, 2.24) is 0 Å². The highest BCUT2D eigenvalue weighted by molar-refractivity contribution is 5.72. The van der Waals surface area contributed by atoms with E-state index in [0.29, 0.717) is 13.0 Å². The van der Waals surface area contributed by atoms with Crippen molar-refractivity contribution in [3.63, 3.8) is 0 Å². The van der Waals surface area contributed by atoms with Crippen LogP contribution in [0.15, 0.2) is 0 Å². The molecule has 1 atom stereocenters. The zero-order valence-electron chi connectivity index (χ0n) is 11.5. The molecule has 0 aliphatic rings. The van der Waals surface area contributed by atoms with Crippen molar-refractivity contribution in [3.05, 3.63) is 0 Å². The molecule has 0 aromatic carbocycles. The number of carboxylic acids is 1. The first-order valence-corrected chi connectivity index (χ1v) is 5.18. The average Bonchev–Trinajstić information content (AvgIpc) is 2.42. The van der Waals surface area contributed by atoms with Gasteiger partial charge in [0.25, 0.3) is 0 Å². The van der Waals surface area contributed by atoms with Crippen LogP contribution in [0.1, 0.15) is 19.3 Å². The molecule has 0 heterocycles. The standard InChI is InChI=1S/C6H14N2O2.4CHNO/c7-4-2-1-3-5(8)6(9)10;4*2-1-3/h5H,1-4,7-8H2,(H,9,10);4*2H. The lowest BCUT2D eigenvalue weighted by Gasteiger charge is -2.03. The maximum Gasteiger partial charge on any atom is 0.320 e. The zero-order valence-corrected chi connectivity index (χ0v) is 11.5. The third-order valence-electron chi connectivity index (χ3n) is 1.29. The van der Waals surface area contributed by atoms with E-state index in [1.807, 2.05) is 0 Å². The third-order valence-corrected chi connectivity index (χ3v) is 1.29. The van der Waals surface area contributed by atoms with Crippen LogP contribution >= 0.6 is 0 Å². The van der Waals surface area contributed by atoms with Crippen molar-refractivity contribution in [2.75, 3.05) is 6.54 Å². The monoisotopic (exact) mass is 318 g/mol. The molecule has 9 N–H and O–H groups in total. The topological polar surface area (TPSA) is 253 Å². The number of nitrogens with one attached hydrogen (secondary N) is 4. The summed E-state index contributed by atoms with van der Waals surface area (Å²) in [6.07, 6.45) is 5.16. The minimum atomic E-state index is -0.933. The van der Waals surface area contributed by atoms with E-state index in [-0.39, 0.29) is 0 Å². The summed E-state index contributed by atoms with van der Waals surface area (Å²) in [5, 5.41) is 29.9. The summed E-state index contributed by atoms with van der Waals surface area (Å²) in [7, 11) is 0. The van der Waals surface area contributed by atoms with Gasteiger partial charge in [0.1, 0.15) is 6.04 Å². The molecule has 0 amide bonds. The molecule has 12 heteroatoms. The van der Waals surface area contributed by atoms with E-state index in [0.717, 1.165) is 37.2 Å². The normalized spacial score (nSPS) is 7.36. The lowest BCUT2D eigenvalue weighted by atomic mass is 10.1. The lowest BCUT2D eigenvalue weighted by molar-refractivity contribution is -0.138. The number of hydrogen-bond donors (Lipinski definition) is 7. The Balaban J connectivity index is -0.0000000664. The highest BCUT2D eigenvalue weighted by atomic mass is 16.4. The van der Waals surface area contributed by atoms with Crippen molar-refractivity contribution in [1.29, 1.82) is 21.6 Å². The third kappa shape index (κ3) is 123. The van der Waals surface area contributed by atoms with Gasteiger partial charge in [0.2, 0.25) is 24.3 Å². The number of carbonyl (C=O) groups is 1. The summed E-state index contributed by atoms with van der Waals surface area (Å²) in [4.78, 5) is 43.5. The minimum absolute atomic E-state index is 0.520. The molecule has 0 bridgehead atoms. The number of nitrogens with two attached hydrogens (primary N) is 2. The molecule has 0 spiro atoms. The molecule has 12 nitrogen and oxygen atoms in total. The van der Waals surface area contributed by atoms with Crippen molar-refractivity contribution in [2.45, 2.75) is 25.3 Å². The maximum atomic E-state index is 10.1. The Kier molecular flexibility index (Phi) is 61.3. The van der Waals surface area contributed by atoms with Gasteiger partial charge in [0, 0.05) is 0 Å². The minimum Gasteiger partial charge on any atom is -0.480 e. The van der Waals surface area contributed by atoms with Crippen LogP contribution in [0.4, 0.5) is 0 Å². The highest BCUT2D eigenvalue weighted by Crippen LogP contribution is 1.96. The number of carboxylic acid groups (broad SMARTS) is 1. The Bertz CT molecular complexity index is 327. The first-order chi connectivity index (χ1) is 10.3. The van der Waals surface area contributed by atoms with Crippen molar-refractivity contribution in [2.24, 2.45) is 11.5 Å². The Labute approximate surface area is 125 Å². The van der Waals surface area contributed by atoms with E-state index in [4.69, 9.17) is 57.4 Å². The Morgan fingerprint density at radius 3 is 1.36 bits per heavy atom. The second-order valence-electron chi connectivity index (χ2n) is 2.64. The van der Waals surface area contributed by atoms with Gasteiger partial charge in [-0.25, -0.2) is 40.8 Å². The molecule has 0 aliphatic carbocycles. The predicted molar refractivity (Wildman–Crippen MR) is 72.2 cm³/mol. The van der Waals surface area contributed by atoms with Gasteiger partial charge in [0.05, 0.1) is 0 Å². The van der Waals surface area contributed by atoms with Gasteiger partial charge in [-0.3, -0.25) is 4.79 Å². The number of isocyanates is 4. The van der Waals surface area contributed by atoms with Gasteiger partial charge in [-0.05, 0) is 19.4 Å². The van der Waals surface area contributed by atoms with Crippen LogP contribution in [0.2, 0.25) is 0 Å². The average molecular weight is 318 g/mol. The first-order valence-electron chi connectivity index (χ1n) is 5.18. The van der Waals surface area contributed by atoms with Gasteiger partial charge in [0.15, 0.2) is 0 Å². The molecule has 0 aromatic heterocycles. The van der Waals surface area contributed by atoms with Crippen LogP contribution < -0.4 is 11.5 Å². The van der Waals surface area contributed by atoms with Crippen LogP contribution in [0.5, 0.6) is 0 Å². The second kappa shape index (κ2) is 43.0. The summed E-state index contributed by atoms with van der Waals surface area (Å²) in [5.41, 5.74) is 10.4. The van der Waals surface area contributed by atoms with E-state index in [2.05, 4.69) is 0 Å². The molecule has 0 rings (SSSR count). The number of aliphatic carboxylic acids is 1. The predicted octanol–water partition coefficient (Wildman–Crippen LogP) is -0.869. The van der Waals surface area contributed by atoms with Gasteiger partial charge in [-0.2, -0.15) is 0 Å². The fraction of sp³-hybridized carbons (Fsp3) is 0.500. The van der Waals surface area contributed by atoms with Crippen molar-refractivity contribution >= 4 is 30.3 Å². The Morgan fingerprint density at radius 1 is 0.909 bits per heavy atom. The summed E-state index contributed by atoms with van der Waals surface area (Å²) in [5.74, 6) is -0.933. The molecule has 0 fully saturated rings. The van der Waals surface area contributed by atoms with E-state index in [9.17, 15) is 4.79 Å². The SMILES string of the molecule is N=C=O.N=C=O.N=C=O.N=C=O.NCCCCC(N)C(=O)O. The van der Waals surface area contributed by atoms with Crippen LogP contribution in [0.3, 0.4) is 0 Å². The number of hydrogen-bond acceptors (Lipinski definition) is 11. The second-order valence-corrected chi connectivity index (χ2v) is 2.64. The van der Waals surface area contributed by atoms with Crippen molar-refractivity contribution in [3.8, 4) is 0 Å². The molecule has 124 valence electrons. The van der Waals surface area contributed by atoms with Gasteiger partial charge in [-0.15, -0.1) is 0 Å². The molecule has 22 heavy (non-hydrogen) atoms. The Morgan fingerprint density at radius 2 is 1.18 bits per heavy atom. The van der Waals surface area contributed by atoms with E-state index in [1.54, 1.807) is 0 Å². The van der Waals surface area contributed by atoms with E-state index >= 15 is 0 Å². The van der Waals surface area contributed by atoms with Crippen molar-refractivity contribution < 1.29 is 29.1 Å². The maximum absolute atomic E-state index is 10.1. The molecule has 0 saturated carbocycles. The molecular weight excluding hydrogens is 300 g/mol. The van der Waals surface area contributed by atoms with Gasteiger partial charge >= 0.3 is 5.97 Å². The largest absolute Gasteiger partial charge is 0.480 e. The number of rotatable bonds is 5. The summed E-state index contributed by atoms with van der Waals surface area (Å²) >= 11 is 0. The molecule has 0 aromatic rings. The van der Waals surface area contributed by atoms with Gasteiger partial charge < -0.3 is 16.6 Å². The lowest BCUT2D eigenvalue weighted by Crippen LogP contribution is -2.29. The fourth-order valence-corrected chi connectivity index (χ4v) is 0.632. The summed E-state index contributed by atoms with van der Waals surface area (Å²) < 4.78 is 0. The van der Waals surface area contributed by atoms with Crippen LogP contribution in [-0.2, 0) is 24.0 Å². The van der Waals surface area contributed by atoms with Crippen LogP contribution in [0, 0.1) is 21.6 Å². The van der Waals surface area contributed by atoms with Gasteiger partial charge in [-0.1, -0.05) is 6.42 Å². The molecular formula is C10H18N6O6. The number of carbonyl (C=O) groups excluding carboxylic acids is 4. The first kappa shape index (κ1) is 31.3. The number of unbranched alkanes of at least 4 members (excludes halogenated alkanes) is 1. The molecule has 0 aliphatic heterocycles. The van der Waals surface area contributed by atoms with E-state index in [1.165, 1.54) is 0 Å². The fourth-order valence-electron chi connectivity index (χ4n) is 0.632. The van der Waals surface area contributed by atoms with E-state index < -0.39 is 12.0 Å². The molecule has 0 saturated heterocycles. The Hall–Kier alpha value is -3.09. The quantitative estimate of drug-likeness (QED) is 0.190. The van der Waals surface area contributed by atoms with Crippen LogP contribution in [-0.4, -0.2) is 48.0 Å². The molecule has 0 radical (unpaired) electrons. The smallest absolute Gasteiger partial charge is 0.320 e. The van der Waals surface area contributed by atoms with Crippen LogP contribution in [0.25, 0.3) is 0 Å². The molecule has 1 unspecified atom stereocenters. The summed E-state index contributed by atoms with van der Waals surface area (Å²) in [6.45, 7) is 0.604.